The second-order valence-electron chi connectivity index (χ2n) is 6.44. The van der Waals surface area contributed by atoms with Crippen LogP contribution in [0.5, 0.6) is 11.5 Å². The van der Waals surface area contributed by atoms with Crippen molar-refractivity contribution in [3.8, 4) is 17.6 Å². The van der Waals surface area contributed by atoms with Crippen LogP contribution in [0, 0.1) is 11.3 Å². The lowest BCUT2D eigenvalue weighted by molar-refractivity contribution is -0.885. The predicted molar refractivity (Wildman–Crippen MR) is 90.0 cm³/mol. The Bertz CT molecular complexity index is 618. The number of rotatable bonds is 7. The molecule has 1 fully saturated rings. The molecule has 24 heavy (non-hydrogen) atoms. The van der Waals surface area contributed by atoms with Crippen LogP contribution in [-0.4, -0.2) is 39.3 Å². The summed E-state index contributed by atoms with van der Waals surface area (Å²) in [7, 11) is 5.19. The highest BCUT2D eigenvalue weighted by Gasteiger charge is 2.35. The zero-order chi connectivity index (χ0) is 17.6. The molecule has 0 radical (unpaired) electrons. The predicted octanol–water partition coefficient (Wildman–Crippen LogP) is 0.671. The number of likely N-dealkylation sites (N-methyl/N-ethyl adjacent to an activating group) is 1. The number of quaternary nitrogens is 1. The van der Waals surface area contributed by atoms with Crippen LogP contribution in [-0.2, 0) is 11.3 Å². The first kappa shape index (κ1) is 18.1. The van der Waals surface area contributed by atoms with Crippen molar-refractivity contribution in [2.24, 2.45) is 0 Å². The fraction of sp³-hybridized carbons (Fsp3) is 0.556. The van der Waals surface area contributed by atoms with Gasteiger partial charge in [-0.1, -0.05) is 0 Å². The zero-order valence-electron chi connectivity index (χ0n) is 14.6. The minimum atomic E-state index is -0.658. The van der Waals surface area contributed by atoms with Gasteiger partial charge in [-0.2, -0.15) is 5.26 Å². The van der Waals surface area contributed by atoms with Crippen LogP contribution >= 0.6 is 0 Å². The second-order valence-corrected chi connectivity index (χ2v) is 6.44. The third kappa shape index (κ3) is 4.39. The molecule has 1 atom stereocenters. The first-order chi connectivity index (χ1) is 11.5. The molecule has 0 saturated heterocycles. The summed E-state index contributed by atoms with van der Waals surface area (Å²) in [5.41, 5.74) is 0.356. The topological polar surface area (TPSA) is 75.8 Å². The summed E-state index contributed by atoms with van der Waals surface area (Å²) >= 11 is 0. The van der Waals surface area contributed by atoms with E-state index in [0.29, 0.717) is 13.1 Å². The standard InChI is InChI=1S/C18H25N3O3/c1-21(11-14-6-7-15(23-2)10-16(14)24-3)12-17(22)20-18(13-19)8-4-5-9-18/h6-7,10H,4-5,8-9,11-12H2,1-3H3,(H,20,22)/p+1. The van der Waals surface area contributed by atoms with Gasteiger partial charge in [0.1, 0.15) is 23.6 Å². The van der Waals surface area contributed by atoms with Gasteiger partial charge in [-0.15, -0.1) is 0 Å². The van der Waals surface area contributed by atoms with Gasteiger partial charge in [-0.3, -0.25) is 4.79 Å². The smallest absolute Gasteiger partial charge is 0.276 e. The van der Waals surface area contributed by atoms with Gasteiger partial charge >= 0.3 is 0 Å². The molecular formula is C18H26N3O3+. The molecule has 0 spiro atoms. The summed E-state index contributed by atoms with van der Waals surface area (Å²) in [4.78, 5) is 13.3. The Morgan fingerprint density at radius 1 is 1.33 bits per heavy atom. The molecule has 2 rings (SSSR count). The number of nitrogens with zero attached hydrogens (tertiary/aromatic N) is 1. The molecule has 1 aliphatic rings. The number of methoxy groups -OCH3 is 2. The number of carbonyl (C=O) groups is 1. The van der Waals surface area contributed by atoms with E-state index >= 15 is 0 Å². The van der Waals surface area contributed by atoms with Gasteiger partial charge in [0.2, 0.25) is 0 Å². The lowest BCUT2D eigenvalue weighted by atomic mass is 10.00. The number of amides is 1. The summed E-state index contributed by atoms with van der Waals surface area (Å²) in [6.07, 6.45) is 3.50. The van der Waals surface area contributed by atoms with Gasteiger partial charge in [-0.05, 0) is 37.8 Å². The molecule has 0 aliphatic heterocycles. The van der Waals surface area contributed by atoms with Crippen molar-refractivity contribution in [2.75, 3.05) is 27.8 Å². The van der Waals surface area contributed by atoms with Crippen molar-refractivity contribution in [2.45, 2.75) is 37.8 Å². The number of hydrogen-bond acceptors (Lipinski definition) is 4. The van der Waals surface area contributed by atoms with Gasteiger partial charge in [0.15, 0.2) is 6.54 Å². The average Bonchev–Trinajstić information content (AvgIpc) is 3.03. The maximum atomic E-state index is 12.3. The highest BCUT2D eigenvalue weighted by molar-refractivity contribution is 5.78. The Labute approximate surface area is 143 Å². The fourth-order valence-corrected chi connectivity index (χ4v) is 3.21. The van der Waals surface area contributed by atoms with E-state index in [2.05, 4.69) is 11.4 Å². The molecule has 6 nitrogen and oxygen atoms in total. The number of nitriles is 1. The van der Waals surface area contributed by atoms with Crippen LogP contribution in [0.25, 0.3) is 0 Å². The molecule has 1 unspecified atom stereocenters. The summed E-state index contributed by atoms with van der Waals surface area (Å²) < 4.78 is 10.6. The molecular weight excluding hydrogens is 306 g/mol. The molecule has 0 bridgehead atoms. The second kappa shape index (κ2) is 8.02. The molecule has 0 heterocycles. The van der Waals surface area contributed by atoms with Crippen molar-refractivity contribution >= 4 is 5.91 Å². The first-order valence-electron chi connectivity index (χ1n) is 8.26. The van der Waals surface area contributed by atoms with E-state index in [1.807, 2.05) is 25.2 Å². The summed E-state index contributed by atoms with van der Waals surface area (Å²) in [6.45, 7) is 0.971. The molecule has 1 aliphatic carbocycles. The molecule has 1 aromatic carbocycles. The maximum Gasteiger partial charge on any atom is 0.276 e. The van der Waals surface area contributed by atoms with Crippen molar-refractivity contribution < 1.29 is 19.2 Å². The van der Waals surface area contributed by atoms with Crippen LogP contribution in [0.15, 0.2) is 18.2 Å². The van der Waals surface area contributed by atoms with Crippen LogP contribution in [0.1, 0.15) is 31.2 Å². The zero-order valence-corrected chi connectivity index (χ0v) is 14.6. The molecule has 1 saturated carbocycles. The minimum absolute atomic E-state index is 0.0802. The fourth-order valence-electron chi connectivity index (χ4n) is 3.21. The van der Waals surface area contributed by atoms with E-state index in [0.717, 1.165) is 47.6 Å². The van der Waals surface area contributed by atoms with Crippen molar-refractivity contribution in [3.63, 3.8) is 0 Å². The number of carbonyl (C=O) groups excluding carboxylic acids is 1. The molecule has 6 heteroatoms. The van der Waals surface area contributed by atoms with Crippen LogP contribution < -0.4 is 19.7 Å². The Hall–Kier alpha value is -2.26. The summed E-state index contributed by atoms with van der Waals surface area (Å²) in [5.74, 6) is 1.41. The van der Waals surface area contributed by atoms with Crippen LogP contribution in [0.4, 0.5) is 0 Å². The largest absolute Gasteiger partial charge is 0.497 e. The van der Waals surface area contributed by atoms with E-state index in [4.69, 9.17) is 9.47 Å². The maximum absolute atomic E-state index is 12.3. The van der Waals surface area contributed by atoms with Crippen molar-refractivity contribution in [3.05, 3.63) is 23.8 Å². The minimum Gasteiger partial charge on any atom is -0.497 e. The Morgan fingerprint density at radius 3 is 2.62 bits per heavy atom. The van der Waals surface area contributed by atoms with Gasteiger partial charge in [0.25, 0.3) is 5.91 Å². The van der Waals surface area contributed by atoms with E-state index in [1.165, 1.54) is 0 Å². The molecule has 0 aromatic heterocycles. The Balaban J connectivity index is 1.94. The molecule has 1 aromatic rings. The first-order valence-corrected chi connectivity index (χ1v) is 8.26. The van der Waals surface area contributed by atoms with Gasteiger partial charge in [0, 0.05) is 11.6 Å². The molecule has 130 valence electrons. The average molecular weight is 332 g/mol. The normalized spacial score (nSPS) is 16.9. The lowest BCUT2D eigenvalue weighted by Gasteiger charge is -2.23. The van der Waals surface area contributed by atoms with E-state index in [1.54, 1.807) is 14.2 Å². The monoisotopic (exact) mass is 332 g/mol. The quantitative estimate of drug-likeness (QED) is 0.770. The highest BCUT2D eigenvalue weighted by atomic mass is 16.5. The number of nitrogens with one attached hydrogen (secondary N) is 2. The molecule has 1 amide bonds. The van der Waals surface area contributed by atoms with E-state index < -0.39 is 5.54 Å². The highest BCUT2D eigenvalue weighted by Crippen LogP contribution is 2.28. The van der Waals surface area contributed by atoms with Gasteiger partial charge in [0.05, 0.1) is 27.3 Å². The van der Waals surface area contributed by atoms with Crippen LogP contribution in [0.2, 0.25) is 0 Å². The lowest BCUT2D eigenvalue weighted by Crippen LogP contribution is -3.09. The van der Waals surface area contributed by atoms with Gasteiger partial charge in [-0.25, -0.2) is 0 Å². The third-order valence-electron chi connectivity index (χ3n) is 4.50. The van der Waals surface area contributed by atoms with Crippen molar-refractivity contribution in [1.29, 1.82) is 5.26 Å². The number of ether oxygens (including phenoxy) is 2. The summed E-state index contributed by atoms with van der Waals surface area (Å²) in [6, 6.07) is 7.96. The van der Waals surface area contributed by atoms with Gasteiger partial charge < -0.3 is 19.7 Å². The Morgan fingerprint density at radius 2 is 2.04 bits per heavy atom. The van der Waals surface area contributed by atoms with E-state index in [9.17, 15) is 10.1 Å². The SMILES string of the molecule is COc1ccc(C[NH+](C)CC(=O)NC2(C#N)CCCC2)c(OC)c1. The van der Waals surface area contributed by atoms with Crippen molar-refractivity contribution in [1.82, 2.24) is 5.32 Å². The Kier molecular flexibility index (Phi) is 6.04. The number of benzene rings is 1. The molecule has 2 N–H and O–H groups in total. The third-order valence-corrected chi connectivity index (χ3v) is 4.50. The summed E-state index contributed by atoms with van der Waals surface area (Å²) in [5, 5.41) is 12.3. The number of hydrogen-bond donors (Lipinski definition) is 2. The van der Waals surface area contributed by atoms with E-state index in [-0.39, 0.29) is 5.91 Å². The van der Waals surface area contributed by atoms with Crippen LogP contribution in [0.3, 0.4) is 0 Å².